The molecule has 0 spiro atoms. The van der Waals surface area contributed by atoms with Crippen molar-refractivity contribution in [3.63, 3.8) is 0 Å². The van der Waals surface area contributed by atoms with Crippen molar-refractivity contribution in [2.75, 3.05) is 17.7 Å². The number of nitrogens with one attached hydrogen (secondary N) is 2. The highest BCUT2D eigenvalue weighted by molar-refractivity contribution is 5.93. The second kappa shape index (κ2) is 7.08. The van der Waals surface area contributed by atoms with E-state index in [1.807, 2.05) is 0 Å². The Hall–Kier alpha value is -2.08. The minimum atomic E-state index is -0.525. The molecule has 2 rings (SSSR count). The van der Waals surface area contributed by atoms with Gasteiger partial charge in [-0.25, -0.2) is 4.79 Å². The maximum absolute atomic E-state index is 12.2. The average molecular weight is 291 g/mol. The van der Waals surface area contributed by atoms with Crippen molar-refractivity contribution in [2.24, 2.45) is 11.7 Å². The summed E-state index contributed by atoms with van der Waals surface area (Å²) in [5, 5.41) is 5.44. The Kier molecular flexibility index (Phi) is 5.16. The Morgan fingerprint density at radius 2 is 1.76 bits per heavy atom. The largest absolute Gasteiger partial charge is 0.453 e. The van der Waals surface area contributed by atoms with Crippen LogP contribution in [-0.4, -0.2) is 25.2 Å². The van der Waals surface area contributed by atoms with Gasteiger partial charge in [0.2, 0.25) is 5.91 Å². The lowest BCUT2D eigenvalue weighted by molar-refractivity contribution is -0.120. The van der Waals surface area contributed by atoms with E-state index in [4.69, 9.17) is 5.73 Å². The Morgan fingerprint density at radius 1 is 1.14 bits per heavy atom. The maximum Gasteiger partial charge on any atom is 0.411 e. The van der Waals surface area contributed by atoms with Crippen LogP contribution in [-0.2, 0) is 9.53 Å². The zero-order valence-corrected chi connectivity index (χ0v) is 12.1. The van der Waals surface area contributed by atoms with Gasteiger partial charge in [0.1, 0.15) is 0 Å². The molecule has 2 amide bonds. The van der Waals surface area contributed by atoms with E-state index < -0.39 is 6.09 Å². The first-order valence-electron chi connectivity index (χ1n) is 7.10. The van der Waals surface area contributed by atoms with Crippen LogP contribution in [0.5, 0.6) is 0 Å². The summed E-state index contributed by atoms with van der Waals surface area (Å²) in [5.74, 6) is 0.000415. The van der Waals surface area contributed by atoms with Gasteiger partial charge in [-0.15, -0.1) is 0 Å². The fourth-order valence-corrected chi connectivity index (χ4v) is 2.52. The van der Waals surface area contributed by atoms with Crippen molar-refractivity contribution in [2.45, 2.75) is 31.7 Å². The summed E-state index contributed by atoms with van der Waals surface area (Å²) in [7, 11) is 1.30. The van der Waals surface area contributed by atoms with Gasteiger partial charge in [0.25, 0.3) is 0 Å². The SMILES string of the molecule is COC(=O)Nc1ccc(NC(=O)C2CCCC(N)C2)cc1. The fraction of sp³-hybridized carbons (Fsp3) is 0.467. The molecule has 0 aliphatic heterocycles. The van der Waals surface area contributed by atoms with Gasteiger partial charge < -0.3 is 15.8 Å². The highest BCUT2D eigenvalue weighted by Crippen LogP contribution is 2.24. The summed E-state index contributed by atoms with van der Waals surface area (Å²) in [5.41, 5.74) is 7.22. The van der Waals surface area contributed by atoms with E-state index in [1.54, 1.807) is 24.3 Å². The molecular weight excluding hydrogens is 270 g/mol. The second-order valence-corrected chi connectivity index (χ2v) is 5.31. The van der Waals surface area contributed by atoms with Crippen LogP contribution in [0, 0.1) is 5.92 Å². The minimum Gasteiger partial charge on any atom is -0.453 e. The van der Waals surface area contributed by atoms with Crippen molar-refractivity contribution < 1.29 is 14.3 Å². The lowest BCUT2D eigenvalue weighted by Crippen LogP contribution is -2.34. The normalized spacial score (nSPS) is 21.4. The Balaban J connectivity index is 1.90. The lowest BCUT2D eigenvalue weighted by Gasteiger charge is -2.25. The van der Waals surface area contributed by atoms with E-state index >= 15 is 0 Å². The molecule has 0 saturated heterocycles. The summed E-state index contributed by atoms with van der Waals surface area (Å²) in [6.07, 6.45) is 3.11. The molecule has 0 bridgehead atoms. The van der Waals surface area contributed by atoms with E-state index in [1.165, 1.54) is 7.11 Å². The molecule has 6 heteroatoms. The first-order valence-corrected chi connectivity index (χ1v) is 7.10. The third-order valence-corrected chi connectivity index (χ3v) is 3.67. The van der Waals surface area contributed by atoms with Crippen molar-refractivity contribution in [1.82, 2.24) is 0 Å². The van der Waals surface area contributed by atoms with Crippen LogP contribution < -0.4 is 16.4 Å². The standard InChI is InChI=1S/C15H21N3O3/c1-21-15(20)18-13-7-5-12(6-8-13)17-14(19)10-3-2-4-11(16)9-10/h5-8,10-11H,2-4,9,16H2,1H3,(H,17,19)(H,18,20). The second-order valence-electron chi connectivity index (χ2n) is 5.31. The predicted octanol–water partition coefficient (Wildman–Crippen LogP) is 2.32. The molecule has 0 aromatic heterocycles. The monoisotopic (exact) mass is 291 g/mol. The molecule has 21 heavy (non-hydrogen) atoms. The minimum absolute atomic E-state index is 0.0124. The number of hydrogen-bond donors (Lipinski definition) is 3. The fourth-order valence-electron chi connectivity index (χ4n) is 2.52. The topological polar surface area (TPSA) is 93.5 Å². The van der Waals surface area contributed by atoms with Crippen LogP contribution >= 0.6 is 0 Å². The molecule has 1 aliphatic carbocycles. The quantitative estimate of drug-likeness (QED) is 0.796. The van der Waals surface area contributed by atoms with Gasteiger partial charge >= 0.3 is 6.09 Å². The Bertz CT molecular complexity index is 501. The molecule has 1 saturated carbocycles. The molecule has 1 aromatic rings. The van der Waals surface area contributed by atoms with Gasteiger partial charge in [-0.2, -0.15) is 0 Å². The van der Waals surface area contributed by atoms with Crippen LogP contribution in [0.3, 0.4) is 0 Å². The smallest absolute Gasteiger partial charge is 0.411 e. The Morgan fingerprint density at radius 3 is 2.33 bits per heavy atom. The zero-order chi connectivity index (χ0) is 15.2. The summed E-state index contributed by atoms with van der Waals surface area (Å²) < 4.78 is 4.51. The molecule has 4 N–H and O–H groups in total. The number of benzene rings is 1. The molecule has 1 fully saturated rings. The van der Waals surface area contributed by atoms with Crippen molar-refractivity contribution in [3.05, 3.63) is 24.3 Å². The zero-order valence-electron chi connectivity index (χ0n) is 12.1. The third kappa shape index (κ3) is 4.46. The first kappa shape index (κ1) is 15.3. The van der Waals surface area contributed by atoms with Gasteiger partial charge in [-0.1, -0.05) is 6.42 Å². The van der Waals surface area contributed by atoms with Crippen LogP contribution in [0.15, 0.2) is 24.3 Å². The van der Waals surface area contributed by atoms with Crippen molar-refractivity contribution in [1.29, 1.82) is 0 Å². The van der Waals surface area contributed by atoms with E-state index in [0.29, 0.717) is 11.4 Å². The number of rotatable bonds is 3. The summed E-state index contributed by atoms with van der Waals surface area (Å²) in [6.45, 7) is 0. The Labute approximate surface area is 124 Å². The van der Waals surface area contributed by atoms with E-state index in [-0.39, 0.29) is 17.9 Å². The highest BCUT2D eigenvalue weighted by Gasteiger charge is 2.25. The maximum atomic E-state index is 12.2. The molecule has 0 heterocycles. The van der Waals surface area contributed by atoms with Gasteiger partial charge in [0.05, 0.1) is 7.11 Å². The molecule has 6 nitrogen and oxygen atoms in total. The van der Waals surface area contributed by atoms with Crippen molar-refractivity contribution >= 4 is 23.4 Å². The average Bonchev–Trinajstić information content (AvgIpc) is 2.49. The highest BCUT2D eigenvalue weighted by atomic mass is 16.5. The number of hydrogen-bond acceptors (Lipinski definition) is 4. The molecule has 1 aliphatic rings. The van der Waals surface area contributed by atoms with E-state index in [2.05, 4.69) is 15.4 Å². The number of carbonyl (C=O) groups excluding carboxylic acids is 2. The molecule has 1 aromatic carbocycles. The van der Waals surface area contributed by atoms with Crippen LogP contribution in [0.2, 0.25) is 0 Å². The number of amides is 2. The van der Waals surface area contributed by atoms with Crippen molar-refractivity contribution in [3.8, 4) is 0 Å². The van der Waals surface area contributed by atoms with E-state index in [0.717, 1.165) is 25.7 Å². The van der Waals surface area contributed by atoms with Crippen LogP contribution in [0.4, 0.5) is 16.2 Å². The van der Waals surface area contributed by atoms with Gasteiger partial charge in [-0.05, 0) is 43.5 Å². The number of ether oxygens (including phenoxy) is 1. The number of methoxy groups -OCH3 is 1. The molecule has 2 atom stereocenters. The number of nitrogens with two attached hydrogens (primary N) is 1. The summed E-state index contributed by atoms with van der Waals surface area (Å²) in [6, 6.07) is 7.02. The molecule has 0 radical (unpaired) electrons. The third-order valence-electron chi connectivity index (χ3n) is 3.67. The molecule has 2 unspecified atom stereocenters. The predicted molar refractivity (Wildman–Crippen MR) is 81.0 cm³/mol. The van der Waals surface area contributed by atoms with Gasteiger partial charge in [0.15, 0.2) is 0 Å². The first-order chi connectivity index (χ1) is 10.1. The van der Waals surface area contributed by atoms with Gasteiger partial charge in [-0.3, -0.25) is 10.1 Å². The number of carbonyl (C=O) groups is 2. The summed E-state index contributed by atoms with van der Waals surface area (Å²) >= 11 is 0. The lowest BCUT2D eigenvalue weighted by atomic mass is 9.85. The number of anilines is 2. The molecular formula is C15H21N3O3. The summed E-state index contributed by atoms with van der Waals surface area (Å²) in [4.78, 5) is 23.2. The van der Waals surface area contributed by atoms with Crippen LogP contribution in [0.1, 0.15) is 25.7 Å². The molecule has 114 valence electrons. The van der Waals surface area contributed by atoms with E-state index in [9.17, 15) is 9.59 Å². The van der Waals surface area contributed by atoms with Gasteiger partial charge in [0, 0.05) is 23.3 Å². The van der Waals surface area contributed by atoms with Crippen LogP contribution in [0.25, 0.3) is 0 Å².